The third-order valence-electron chi connectivity index (χ3n) is 16.4. The lowest BCUT2D eigenvalue weighted by atomic mass is 9.93. The lowest BCUT2D eigenvalue weighted by Crippen LogP contribution is -2.12. The van der Waals surface area contributed by atoms with E-state index in [9.17, 15) is 0 Å². The van der Waals surface area contributed by atoms with Crippen LogP contribution in [-0.2, 0) is 0 Å². The zero-order valence-electron chi connectivity index (χ0n) is 44.6. The molecule has 0 spiro atoms. The quantitative estimate of drug-likeness (QED) is 0.126. The third kappa shape index (κ3) is 7.98. The van der Waals surface area contributed by atoms with Crippen molar-refractivity contribution >= 4 is 131 Å². The number of thiophene rings is 2. The molecule has 0 N–H and O–H groups in total. The first-order valence-corrected chi connectivity index (χ1v) is 29.6. The maximum Gasteiger partial charge on any atom is 0.0546 e. The maximum absolute atomic E-state index is 2.53. The van der Waals surface area contributed by atoms with Crippen molar-refractivity contribution in [1.29, 1.82) is 0 Å². The molecular formula is C78H50N2S2. The molecule has 0 fully saturated rings. The second kappa shape index (κ2) is 19.9. The van der Waals surface area contributed by atoms with Crippen LogP contribution in [0.25, 0.3) is 117 Å². The molecule has 0 saturated heterocycles. The monoisotopic (exact) mass is 1080 g/mol. The van der Waals surface area contributed by atoms with Gasteiger partial charge in [0.25, 0.3) is 0 Å². The van der Waals surface area contributed by atoms with Gasteiger partial charge in [-0.25, -0.2) is 0 Å². The van der Waals surface area contributed by atoms with Crippen LogP contribution >= 0.6 is 22.7 Å². The molecule has 2 nitrogen and oxygen atoms in total. The van der Waals surface area contributed by atoms with Crippen LogP contribution in [0.4, 0.5) is 34.1 Å². The molecule has 0 radical (unpaired) electrons. The lowest BCUT2D eigenvalue weighted by Gasteiger charge is -2.31. The topological polar surface area (TPSA) is 6.48 Å². The SMILES string of the molecule is c1ccc(-c2sc3cc(N(c4cccc5ccccc45)c4cc5c6ccccc6c(N(c6ccc7c(-c8ccccc8)c(-c8ccccc8)sc7c6)c6cccc7ccccc67)cc5c5ccccc45)ccc3c2-c2ccccc2)cc1. The summed E-state index contributed by atoms with van der Waals surface area (Å²) in [6.07, 6.45) is 0. The molecule has 0 saturated carbocycles. The van der Waals surface area contributed by atoms with E-state index in [0.29, 0.717) is 0 Å². The Kier molecular flexibility index (Phi) is 11.6. The Morgan fingerprint density at radius 1 is 0.207 bits per heavy atom. The Hall–Kier alpha value is -10.1. The van der Waals surface area contributed by atoms with Gasteiger partial charge in [0.05, 0.1) is 22.7 Å². The lowest BCUT2D eigenvalue weighted by molar-refractivity contribution is 1.32. The Labute approximate surface area is 483 Å². The number of benzene rings is 14. The Bertz CT molecular complexity index is 4770. The summed E-state index contributed by atoms with van der Waals surface area (Å²) in [6.45, 7) is 0. The fourth-order valence-electron chi connectivity index (χ4n) is 12.7. The summed E-state index contributed by atoms with van der Waals surface area (Å²) in [7, 11) is 0. The predicted octanol–water partition coefficient (Wildman–Crippen LogP) is 23.5. The second-order valence-electron chi connectivity index (χ2n) is 21.1. The fourth-order valence-corrected chi connectivity index (χ4v) is 15.2. The predicted molar refractivity (Wildman–Crippen MR) is 356 cm³/mol. The van der Waals surface area contributed by atoms with Gasteiger partial charge in [0.2, 0.25) is 0 Å². The van der Waals surface area contributed by atoms with E-state index in [-0.39, 0.29) is 0 Å². The van der Waals surface area contributed by atoms with E-state index in [2.05, 4.69) is 313 Å². The Morgan fingerprint density at radius 2 is 0.537 bits per heavy atom. The summed E-state index contributed by atoms with van der Waals surface area (Å²) in [5, 5.41) is 14.4. The largest absolute Gasteiger partial charge is 0.309 e. The molecule has 0 amide bonds. The van der Waals surface area contributed by atoms with Crippen LogP contribution in [-0.4, -0.2) is 0 Å². The molecule has 2 aromatic heterocycles. The number of hydrogen-bond acceptors (Lipinski definition) is 4. The van der Waals surface area contributed by atoms with Crippen molar-refractivity contribution in [3.63, 3.8) is 0 Å². The summed E-state index contributed by atoms with van der Waals surface area (Å²) < 4.78 is 2.48. The van der Waals surface area contributed by atoms with Gasteiger partial charge in [-0.05, 0) is 103 Å². The first kappa shape index (κ1) is 47.9. The van der Waals surface area contributed by atoms with Gasteiger partial charge in [0.1, 0.15) is 0 Å². The van der Waals surface area contributed by atoms with Gasteiger partial charge in [0.15, 0.2) is 0 Å². The van der Waals surface area contributed by atoms with Crippen LogP contribution < -0.4 is 9.80 Å². The molecule has 0 bridgehead atoms. The van der Waals surface area contributed by atoms with E-state index in [1.807, 2.05) is 22.7 Å². The minimum Gasteiger partial charge on any atom is -0.309 e. The van der Waals surface area contributed by atoms with E-state index in [1.54, 1.807) is 0 Å². The van der Waals surface area contributed by atoms with Crippen LogP contribution in [0, 0.1) is 0 Å². The number of hydrogen-bond donors (Lipinski definition) is 0. The zero-order chi connectivity index (χ0) is 54.1. The van der Waals surface area contributed by atoms with Crippen LogP contribution in [0.2, 0.25) is 0 Å². The minimum absolute atomic E-state index is 1.10. The molecule has 16 rings (SSSR count). The highest BCUT2D eigenvalue weighted by Gasteiger charge is 2.26. The normalized spacial score (nSPS) is 11.7. The molecule has 0 aliphatic heterocycles. The standard InChI is InChI=1S/C78H50N2S2/c1-5-25-53(26-6-1)75-65-45-43-57(47-73(65)81-77(75)55-29-9-3-10-30-55)79(69-41-21-33-51-23-13-15-35-59(51)69)71-49-67-62-38-18-20-40-64(62)72(50-68(67)61-37-17-19-39-63(61)71)80(70-42-22-34-52-24-14-16-36-60(52)70)58-44-46-66-74(48-58)82-78(56-31-11-4-12-32-56)76(66)54-27-7-2-8-28-54/h1-50H. The summed E-state index contributed by atoms with van der Waals surface area (Å²) >= 11 is 3.75. The van der Waals surface area contributed by atoms with Gasteiger partial charge in [-0.1, -0.05) is 255 Å². The van der Waals surface area contributed by atoms with Gasteiger partial charge < -0.3 is 9.80 Å². The number of rotatable bonds is 10. The molecular weight excluding hydrogens is 1030 g/mol. The molecule has 2 heterocycles. The Morgan fingerprint density at radius 3 is 0.939 bits per heavy atom. The van der Waals surface area contributed by atoms with Gasteiger partial charge in [-0.2, -0.15) is 0 Å². The first-order valence-electron chi connectivity index (χ1n) is 28.0. The summed E-state index contributed by atoms with van der Waals surface area (Å²) in [5.41, 5.74) is 14.1. The van der Waals surface area contributed by atoms with Crippen LogP contribution in [0.15, 0.2) is 303 Å². The highest BCUT2D eigenvalue weighted by atomic mass is 32.1. The summed E-state index contributed by atoms with van der Waals surface area (Å²) in [6, 6.07) is 112. The van der Waals surface area contributed by atoms with Gasteiger partial charge in [0, 0.05) is 74.0 Å². The number of nitrogens with zero attached hydrogens (tertiary/aromatic N) is 2. The fraction of sp³-hybridized carbons (Fsp3) is 0. The smallest absolute Gasteiger partial charge is 0.0546 e. The van der Waals surface area contributed by atoms with E-state index in [0.717, 1.165) is 34.1 Å². The molecule has 14 aromatic carbocycles. The van der Waals surface area contributed by atoms with Gasteiger partial charge in [-0.3, -0.25) is 0 Å². The number of fused-ring (bicyclic) bond motifs is 9. The molecule has 4 heteroatoms. The van der Waals surface area contributed by atoms with Gasteiger partial charge in [-0.15, -0.1) is 22.7 Å². The molecule has 384 valence electrons. The van der Waals surface area contributed by atoms with Crippen LogP contribution in [0.1, 0.15) is 0 Å². The second-order valence-corrected chi connectivity index (χ2v) is 23.2. The molecule has 0 unspecified atom stereocenters. The van der Waals surface area contributed by atoms with E-state index in [4.69, 9.17) is 0 Å². The summed E-state index contributed by atoms with van der Waals surface area (Å²) in [4.78, 5) is 7.61. The van der Waals surface area contributed by atoms with Crippen molar-refractivity contribution in [3.8, 4) is 43.1 Å². The number of anilines is 6. The van der Waals surface area contributed by atoms with Crippen LogP contribution in [0.5, 0.6) is 0 Å². The third-order valence-corrected chi connectivity index (χ3v) is 18.8. The van der Waals surface area contributed by atoms with Gasteiger partial charge >= 0.3 is 0 Å². The van der Waals surface area contributed by atoms with Crippen molar-refractivity contribution < 1.29 is 0 Å². The van der Waals surface area contributed by atoms with Crippen molar-refractivity contribution in [2.75, 3.05) is 9.80 Å². The zero-order valence-corrected chi connectivity index (χ0v) is 46.2. The van der Waals surface area contributed by atoms with Crippen molar-refractivity contribution in [1.82, 2.24) is 0 Å². The Balaban J connectivity index is 0.952. The first-order chi connectivity index (χ1) is 40.7. The molecule has 0 aliphatic rings. The highest BCUT2D eigenvalue weighted by molar-refractivity contribution is 7.23. The highest BCUT2D eigenvalue weighted by Crippen LogP contribution is 2.53. The molecule has 0 aliphatic carbocycles. The van der Waals surface area contributed by atoms with Crippen molar-refractivity contribution in [2.24, 2.45) is 0 Å². The molecule has 0 atom stereocenters. The summed E-state index contributed by atoms with van der Waals surface area (Å²) in [5.74, 6) is 0. The molecule has 16 aromatic rings. The van der Waals surface area contributed by atoms with E-state index < -0.39 is 0 Å². The van der Waals surface area contributed by atoms with E-state index in [1.165, 1.54) is 117 Å². The maximum atomic E-state index is 2.53. The molecule has 82 heavy (non-hydrogen) atoms. The van der Waals surface area contributed by atoms with Crippen molar-refractivity contribution in [2.45, 2.75) is 0 Å². The average Bonchev–Trinajstić information content (AvgIpc) is 2.99. The van der Waals surface area contributed by atoms with E-state index >= 15 is 0 Å². The van der Waals surface area contributed by atoms with Crippen LogP contribution in [0.3, 0.4) is 0 Å². The van der Waals surface area contributed by atoms with Crippen molar-refractivity contribution in [3.05, 3.63) is 303 Å². The minimum atomic E-state index is 1.10. The average molecular weight is 1080 g/mol.